The predicted molar refractivity (Wildman–Crippen MR) is 119 cm³/mol. The van der Waals surface area contributed by atoms with Crippen molar-refractivity contribution in [3.8, 4) is 17.2 Å². The quantitative estimate of drug-likeness (QED) is 0.416. The Balaban J connectivity index is 0.00000193. The number of quaternary nitrogens is 2. The first-order chi connectivity index (χ1) is 15.1. The van der Waals surface area contributed by atoms with Crippen molar-refractivity contribution in [3.05, 3.63) is 41.5 Å². The fraction of sp³-hybridized carbons (Fsp3) is 0.458. The van der Waals surface area contributed by atoms with E-state index in [0.717, 1.165) is 62.4 Å². The molecule has 1 saturated heterocycles. The minimum absolute atomic E-state index is 0. The van der Waals surface area contributed by atoms with Crippen molar-refractivity contribution in [2.75, 3.05) is 59.0 Å². The van der Waals surface area contributed by atoms with Crippen molar-refractivity contribution in [2.45, 2.75) is 12.8 Å². The zero-order chi connectivity index (χ0) is 22.0. The summed E-state index contributed by atoms with van der Waals surface area (Å²) in [5.41, 5.74) is 8.11. The minimum atomic E-state index is 0. The standard InChI is InChI=1S/C24H31N3O4.2ClH/c1-29-21-14-18-17(23(30-2)24(21)31-3)9-8-16(22(18)28)15-26-10-12-27(13-11-26)20-7-5-4-6-19(20)25;;/h4-7,14,16H,8-13,15,25H2,1-3H3;2*1H. The first kappa shape index (κ1) is 27.1. The van der Waals surface area contributed by atoms with E-state index in [1.165, 1.54) is 10.6 Å². The van der Waals surface area contributed by atoms with Gasteiger partial charge in [-0.1, -0.05) is 12.1 Å². The normalized spacial score (nSPS) is 18.0. The maximum Gasteiger partial charge on any atom is 0.203 e. The van der Waals surface area contributed by atoms with Crippen LogP contribution in [0.25, 0.3) is 0 Å². The molecule has 0 spiro atoms. The van der Waals surface area contributed by atoms with Gasteiger partial charge in [-0.25, -0.2) is 0 Å². The number of benzene rings is 2. The molecule has 0 amide bonds. The molecule has 9 heteroatoms. The van der Waals surface area contributed by atoms with Gasteiger partial charge in [0.25, 0.3) is 0 Å². The zero-order valence-corrected chi connectivity index (χ0v) is 21.0. The van der Waals surface area contributed by atoms with E-state index in [4.69, 9.17) is 14.2 Å². The highest BCUT2D eigenvalue weighted by Crippen LogP contribution is 2.45. The number of piperazine rings is 1. The number of ketones is 1. The van der Waals surface area contributed by atoms with Crippen molar-refractivity contribution in [2.24, 2.45) is 5.92 Å². The predicted octanol–water partition coefficient (Wildman–Crippen LogP) is -5.26. The molecule has 0 bridgehead atoms. The number of hydrogen-bond acceptors (Lipinski definition) is 5. The highest BCUT2D eigenvalue weighted by atomic mass is 35.5. The van der Waals surface area contributed by atoms with Gasteiger partial charge in [0.05, 0.1) is 65.7 Å². The van der Waals surface area contributed by atoms with Gasteiger partial charge in [-0.15, -0.1) is 0 Å². The van der Waals surface area contributed by atoms with Gasteiger partial charge in [0.15, 0.2) is 23.0 Å². The lowest BCUT2D eigenvalue weighted by Crippen LogP contribution is -3.15. The zero-order valence-electron chi connectivity index (χ0n) is 19.5. The number of nitrogens with one attached hydrogen (secondary N) is 1. The molecule has 1 fully saturated rings. The molecule has 0 saturated carbocycles. The van der Waals surface area contributed by atoms with Gasteiger partial charge in [-0.3, -0.25) is 4.79 Å². The van der Waals surface area contributed by atoms with E-state index in [1.807, 2.05) is 12.1 Å². The lowest BCUT2D eigenvalue weighted by Gasteiger charge is -2.35. The van der Waals surface area contributed by atoms with Gasteiger partial charge < -0.3 is 54.6 Å². The SMILES string of the molecule is COc1cc2c(c(OC)c1OC)CCC(C[NH+]1CCN(c3ccccc3[NH3+])CC1)C2=O.[Cl-].[Cl-]. The molecular formula is C24H33Cl2N3O4. The Morgan fingerprint density at radius 1 is 1.03 bits per heavy atom. The third kappa shape index (κ3) is 5.32. The number of halogens is 2. The number of methoxy groups -OCH3 is 3. The number of Topliss-reactive ketones (excluding diaryl/α,β-unsaturated/α-hetero) is 1. The summed E-state index contributed by atoms with van der Waals surface area (Å²) in [5.74, 6) is 1.94. The molecule has 1 atom stereocenters. The number of para-hydroxylation sites is 1. The van der Waals surface area contributed by atoms with Crippen LogP contribution in [-0.4, -0.2) is 59.8 Å². The maximum absolute atomic E-state index is 13.4. The summed E-state index contributed by atoms with van der Waals surface area (Å²) >= 11 is 0. The highest BCUT2D eigenvalue weighted by molar-refractivity contribution is 6.02. The molecule has 1 unspecified atom stereocenters. The fourth-order valence-electron chi connectivity index (χ4n) is 4.98. The van der Waals surface area contributed by atoms with Crippen molar-refractivity contribution in [3.63, 3.8) is 0 Å². The molecule has 1 heterocycles. The van der Waals surface area contributed by atoms with Gasteiger partial charge in [0.2, 0.25) is 5.75 Å². The van der Waals surface area contributed by atoms with Crippen molar-refractivity contribution in [1.29, 1.82) is 0 Å². The number of rotatable bonds is 6. The van der Waals surface area contributed by atoms with Gasteiger partial charge in [-0.05, 0) is 25.0 Å². The Bertz CT molecular complexity index is 965. The third-order valence-electron chi connectivity index (χ3n) is 6.65. The lowest BCUT2D eigenvalue weighted by molar-refractivity contribution is -0.903. The van der Waals surface area contributed by atoms with Gasteiger partial charge in [-0.2, -0.15) is 0 Å². The van der Waals surface area contributed by atoms with Gasteiger partial charge >= 0.3 is 0 Å². The number of fused-ring (bicyclic) bond motifs is 1. The molecule has 2 aromatic carbocycles. The fourth-order valence-corrected chi connectivity index (χ4v) is 4.98. The Morgan fingerprint density at radius 3 is 2.30 bits per heavy atom. The average molecular weight is 498 g/mol. The number of ether oxygens (including phenoxy) is 3. The molecule has 4 N–H and O–H groups in total. The minimum Gasteiger partial charge on any atom is -1.00 e. The van der Waals surface area contributed by atoms with Crippen LogP contribution in [0, 0.1) is 5.92 Å². The van der Waals surface area contributed by atoms with E-state index >= 15 is 0 Å². The molecule has 2 aromatic rings. The Morgan fingerprint density at radius 2 is 1.70 bits per heavy atom. The summed E-state index contributed by atoms with van der Waals surface area (Å²) in [4.78, 5) is 17.3. The van der Waals surface area contributed by atoms with Crippen LogP contribution >= 0.6 is 0 Å². The molecule has 182 valence electrons. The summed E-state index contributed by atoms with van der Waals surface area (Å²) < 4.78 is 16.6. The monoisotopic (exact) mass is 497 g/mol. The topological polar surface area (TPSA) is 80.1 Å². The molecule has 0 aromatic heterocycles. The molecule has 33 heavy (non-hydrogen) atoms. The van der Waals surface area contributed by atoms with Crippen LogP contribution in [0.1, 0.15) is 22.3 Å². The molecule has 1 aliphatic heterocycles. The van der Waals surface area contributed by atoms with Crippen LogP contribution in [0.3, 0.4) is 0 Å². The van der Waals surface area contributed by atoms with E-state index in [0.29, 0.717) is 17.2 Å². The number of anilines is 1. The number of carbonyl (C=O) groups excluding carboxylic acids is 1. The first-order valence-electron chi connectivity index (χ1n) is 10.9. The summed E-state index contributed by atoms with van der Waals surface area (Å²) in [7, 11) is 4.79. The Hall–Kier alpha value is -2.19. The smallest absolute Gasteiger partial charge is 0.203 e. The maximum atomic E-state index is 13.4. The molecule has 0 radical (unpaired) electrons. The highest BCUT2D eigenvalue weighted by Gasteiger charge is 2.35. The van der Waals surface area contributed by atoms with Gasteiger partial charge in [0, 0.05) is 17.2 Å². The van der Waals surface area contributed by atoms with E-state index < -0.39 is 0 Å². The summed E-state index contributed by atoms with van der Waals surface area (Å²) in [6, 6.07) is 10.1. The molecule has 2 aliphatic rings. The number of hydrogen-bond donors (Lipinski definition) is 2. The number of carbonyl (C=O) groups is 1. The Kier molecular flexibility index (Phi) is 9.67. The Labute approximate surface area is 208 Å². The van der Waals surface area contributed by atoms with Crippen LogP contribution in [0.15, 0.2) is 30.3 Å². The van der Waals surface area contributed by atoms with Crippen LogP contribution < -0.4 is 54.6 Å². The molecular weight excluding hydrogens is 465 g/mol. The largest absolute Gasteiger partial charge is 1.00 e. The molecule has 1 aliphatic carbocycles. The summed E-state index contributed by atoms with van der Waals surface area (Å²) in [6.07, 6.45) is 1.65. The number of nitrogens with zero attached hydrogens (tertiary/aromatic N) is 1. The average Bonchev–Trinajstić information content (AvgIpc) is 2.80. The van der Waals surface area contributed by atoms with Crippen molar-refractivity contribution < 1.29 is 54.5 Å². The van der Waals surface area contributed by atoms with Gasteiger partial charge in [0.1, 0.15) is 0 Å². The van der Waals surface area contributed by atoms with Crippen molar-refractivity contribution >= 4 is 17.2 Å². The summed E-state index contributed by atoms with van der Waals surface area (Å²) in [5, 5.41) is 0. The molecule has 7 nitrogen and oxygen atoms in total. The van der Waals surface area contributed by atoms with Crippen LogP contribution in [0.4, 0.5) is 11.4 Å². The van der Waals surface area contributed by atoms with E-state index in [-0.39, 0.29) is 36.5 Å². The second-order valence-corrected chi connectivity index (χ2v) is 8.34. The second-order valence-electron chi connectivity index (χ2n) is 8.34. The van der Waals surface area contributed by atoms with E-state index in [9.17, 15) is 4.79 Å². The lowest BCUT2D eigenvalue weighted by atomic mass is 9.81. The third-order valence-corrected chi connectivity index (χ3v) is 6.65. The summed E-state index contributed by atoms with van der Waals surface area (Å²) in [6.45, 7) is 4.89. The first-order valence-corrected chi connectivity index (χ1v) is 10.9. The van der Waals surface area contributed by atoms with Crippen molar-refractivity contribution in [1.82, 2.24) is 0 Å². The van der Waals surface area contributed by atoms with E-state index in [2.05, 4.69) is 28.8 Å². The van der Waals surface area contributed by atoms with Crippen LogP contribution in [0.5, 0.6) is 17.2 Å². The van der Waals surface area contributed by atoms with E-state index in [1.54, 1.807) is 21.3 Å². The molecule has 4 rings (SSSR count). The van der Waals surface area contributed by atoms with Crippen LogP contribution in [0.2, 0.25) is 0 Å². The second kappa shape index (κ2) is 11.8. The van der Waals surface area contributed by atoms with Crippen LogP contribution in [-0.2, 0) is 6.42 Å².